The van der Waals surface area contributed by atoms with E-state index in [-0.39, 0.29) is 6.61 Å². The SMILES string of the molecule is C/C(=C\CNCCCCCl)CO. The Kier molecular flexibility index (Phi) is 9.00. The molecule has 0 unspecified atom stereocenters. The van der Waals surface area contributed by atoms with Crippen LogP contribution in [0.1, 0.15) is 19.8 Å². The first kappa shape index (κ1) is 11.9. The summed E-state index contributed by atoms with van der Waals surface area (Å²) in [6.07, 6.45) is 4.19. The molecule has 12 heavy (non-hydrogen) atoms. The molecule has 0 rings (SSSR count). The monoisotopic (exact) mass is 191 g/mol. The van der Waals surface area contributed by atoms with Crippen molar-refractivity contribution in [1.29, 1.82) is 0 Å². The van der Waals surface area contributed by atoms with Gasteiger partial charge in [0.15, 0.2) is 0 Å². The molecule has 0 aromatic rings. The quantitative estimate of drug-likeness (QED) is 0.364. The predicted molar refractivity (Wildman–Crippen MR) is 53.7 cm³/mol. The second kappa shape index (κ2) is 9.04. The molecule has 0 radical (unpaired) electrons. The van der Waals surface area contributed by atoms with Crippen LogP contribution in [0, 0.1) is 0 Å². The summed E-state index contributed by atoms with van der Waals surface area (Å²) in [4.78, 5) is 0. The number of halogens is 1. The summed E-state index contributed by atoms with van der Waals surface area (Å²) in [6, 6.07) is 0. The molecule has 0 saturated heterocycles. The van der Waals surface area contributed by atoms with Gasteiger partial charge in [0.25, 0.3) is 0 Å². The van der Waals surface area contributed by atoms with Gasteiger partial charge in [-0.2, -0.15) is 0 Å². The minimum Gasteiger partial charge on any atom is -0.392 e. The predicted octanol–water partition coefficient (Wildman–Crippen LogP) is 1.53. The molecule has 2 nitrogen and oxygen atoms in total. The van der Waals surface area contributed by atoms with Crippen LogP contribution in [-0.2, 0) is 0 Å². The highest BCUT2D eigenvalue weighted by atomic mass is 35.5. The van der Waals surface area contributed by atoms with Gasteiger partial charge in [-0.3, -0.25) is 0 Å². The van der Waals surface area contributed by atoms with Crippen molar-refractivity contribution < 1.29 is 5.11 Å². The van der Waals surface area contributed by atoms with Crippen molar-refractivity contribution in [2.75, 3.05) is 25.6 Å². The fourth-order valence-electron chi connectivity index (χ4n) is 0.758. The molecule has 0 heterocycles. The van der Waals surface area contributed by atoms with E-state index in [9.17, 15) is 0 Å². The third-order valence-corrected chi connectivity index (χ3v) is 1.85. The van der Waals surface area contributed by atoms with Crippen LogP contribution in [0.4, 0.5) is 0 Å². The molecule has 0 bridgehead atoms. The van der Waals surface area contributed by atoms with Crippen LogP contribution in [0.5, 0.6) is 0 Å². The average Bonchev–Trinajstić information content (AvgIpc) is 2.10. The lowest BCUT2D eigenvalue weighted by Gasteiger charge is -2.00. The summed E-state index contributed by atoms with van der Waals surface area (Å²) in [6.45, 7) is 3.92. The van der Waals surface area contributed by atoms with E-state index >= 15 is 0 Å². The van der Waals surface area contributed by atoms with E-state index < -0.39 is 0 Å². The zero-order chi connectivity index (χ0) is 9.23. The normalized spacial score (nSPS) is 12.1. The second-order valence-corrected chi connectivity index (χ2v) is 3.19. The highest BCUT2D eigenvalue weighted by Crippen LogP contribution is 1.90. The van der Waals surface area contributed by atoms with Gasteiger partial charge in [-0.15, -0.1) is 11.6 Å². The molecule has 0 amide bonds. The Morgan fingerprint density at radius 2 is 2.25 bits per heavy atom. The number of alkyl halides is 1. The summed E-state index contributed by atoms with van der Waals surface area (Å²) in [5.74, 6) is 0.743. The molecule has 0 spiro atoms. The van der Waals surface area contributed by atoms with Crippen molar-refractivity contribution in [1.82, 2.24) is 5.32 Å². The van der Waals surface area contributed by atoms with Crippen LogP contribution >= 0.6 is 11.6 Å². The molecule has 0 aliphatic heterocycles. The molecule has 0 fully saturated rings. The lowest BCUT2D eigenvalue weighted by molar-refractivity contribution is 0.331. The van der Waals surface area contributed by atoms with Gasteiger partial charge < -0.3 is 10.4 Å². The van der Waals surface area contributed by atoms with E-state index in [1.54, 1.807) is 0 Å². The van der Waals surface area contributed by atoms with Crippen molar-refractivity contribution in [3.05, 3.63) is 11.6 Å². The van der Waals surface area contributed by atoms with E-state index in [0.717, 1.165) is 37.4 Å². The van der Waals surface area contributed by atoms with Crippen molar-refractivity contribution >= 4 is 11.6 Å². The Morgan fingerprint density at radius 1 is 1.50 bits per heavy atom. The zero-order valence-electron chi connectivity index (χ0n) is 7.65. The molecule has 0 atom stereocenters. The third kappa shape index (κ3) is 8.05. The fraction of sp³-hybridized carbons (Fsp3) is 0.778. The number of hydrogen-bond acceptors (Lipinski definition) is 2. The average molecular weight is 192 g/mol. The highest BCUT2D eigenvalue weighted by molar-refractivity contribution is 6.17. The molecule has 0 aliphatic rings. The van der Waals surface area contributed by atoms with Crippen LogP contribution in [-0.4, -0.2) is 30.7 Å². The summed E-state index contributed by atoms with van der Waals surface area (Å²) in [7, 11) is 0. The Bertz CT molecular complexity index is 126. The summed E-state index contributed by atoms with van der Waals surface area (Å²) < 4.78 is 0. The number of aliphatic hydroxyl groups excluding tert-OH is 1. The van der Waals surface area contributed by atoms with Gasteiger partial charge in [0, 0.05) is 12.4 Å². The van der Waals surface area contributed by atoms with Crippen LogP contribution in [0.2, 0.25) is 0 Å². The van der Waals surface area contributed by atoms with Crippen LogP contribution in [0.25, 0.3) is 0 Å². The second-order valence-electron chi connectivity index (χ2n) is 2.81. The first-order valence-corrected chi connectivity index (χ1v) is 4.88. The molecule has 0 aromatic carbocycles. The standard InChI is InChI=1S/C9H18ClNO/c1-9(8-12)4-7-11-6-3-2-5-10/h4,11-12H,2-3,5-8H2,1H3/b9-4+. The number of hydrogen-bond donors (Lipinski definition) is 2. The maximum absolute atomic E-state index is 8.66. The van der Waals surface area contributed by atoms with E-state index in [1.807, 2.05) is 13.0 Å². The van der Waals surface area contributed by atoms with Crippen LogP contribution < -0.4 is 5.32 Å². The number of unbranched alkanes of at least 4 members (excludes halogenated alkanes) is 1. The Morgan fingerprint density at radius 3 is 2.83 bits per heavy atom. The number of aliphatic hydroxyl groups is 1. The molecular weight excluding hydrogens is 174 g/mol. The summed E-state index contributed by atoms with van der Waals surface area (Å²) in [5.41, 5.74) is 1.01. The van der Waals surface area contributed by atoms with Crippen molar-refractivity contribution in [3.8, 4) is 0 Å². The first-order valence-electron chi connectivity index (χ1n) is 4.34. The zero-order valence-corrected chi connectivity index (χ0v) is 8.40. The minimum absolute atomic E-state index is 0.156. The number of rotatable bonds is 7. The van der Waals surface area contributed by atoms with Crippen LogP contribution in [0.3, 0.4) is 0 Å². The van der Waals surface area contributed by atoms with E-state index in [0.29, 0.717) is 0 Å². The minimum atomic E-state index is 0.156. The van der Waals surface area contributed by atoms with E-state index in [1.165, 1.54) is 0 Å². The molecule has 2 N–H and O–H groups in total. The Labute approximate surface area is 79.6 Å². The van der Waals surface area contributed by atoms with Gasteiger partial charge in [0.1, 0.15) is 0 Å². The van der Waals surface area contributed by atoms with Crippen molar-refractivity contribution in [2.45, 2.75) is 19.8 Å². The van der Waals surface area contributed by atoms with Gasteiger partial charge in [-0.05, 0) is 26.3 Å². The summed E-state index contributed by atoms with van der Waals surface area (Å²) in [5, 5.41) is 11.9. The molecule has 0 aromatic heterocycles. The smallest absolute Gasteiger partial charge is 0.0639 e. The van der Waals surface area contributed by atoms with E-state index in [4.69, 9.17) is 16.7 Å². The molecule has 0 aliphatic carbocycles. The maximum atomic E-state index is 8.66. The largest absolute Gasteiger partial charge is 0.392 e. The first-order chi connectivity index (χ1) is 5.81. The number of nitrogens with one attached hydrogen (secondary N) is 1. The lowest BCUT2D eigenvalue weighted by Crippen LogP contribution is -2.15. The highest BCUT2D eigenvalue weighted by Gasteiger charge is 1.86. The molecule has 0 saturated carbocycles. The summed E-state index contributed by atoms with van der Waals surface area (Å²) >= 11 is 5.51. The maximum Gasteiger partial charge on any atom is 0.0639 e. The molecular formula is C9H18ClNO. The van der Waals surface area contributed by atoms with Crippen molar-refractivity contribution in [2.24, 2.45) is 0 Å². The van der Waals surface area contributed by atoms with Gasteiger partial charge in [0.2, 0.25) is 0 Å². The van der Waals surface area contributed by atoms with E-state index in [2.05, 4.69) is 5.32 Å². The van der Waals surface area contributed by atoms with Gasteiger partial charge >= 0.3 is 0 Å². The Hall–Kier alpha value is -0.0500. The fourth-order valence-corrected chi connectivity index (χ4v) is 0.946. The van der Waals surface area contributed by atoms with Crippen molar-refractivity contribution in [3.63, 3.8) is 0 Å². The molecule has 3 heteroatoms. The van der Waals surface area contributed by atoms with Gasteiger partial charge in [0.05, 0.1) is 6.61 Å². The van der Waals surface area contributed by atoms with Gasteiger partial charge in [-0.1, -0.05) is 11.6 Å². The van der Waals surface area contributed by atoms with Crippen LogP contribution in [0.15, 0.2) is 11.6 Å². The van der Waals surface area contributed by atoms with Gasteiger partial charge in [-0.25, -0.2) is 0 Å². The molecule has 72 valence electrons. The topological polar surface area (TPSA) is 32.3 Å². The Balaban J connectivity index is 3.10. The third-order valence-electron chi connectivity index (χ3n) is 1.58. The lowest BCUT2D eigenvalue weighted by atomic mass is 10.3.